The van der Waals surface area contributed by atoms with Gasteiger partial charge in [0.15, 0.2) is 0 Å². The van der Waals surface area contributed by atoms with Crippen LogP contribution in [0.4, 0.5) is 5.69 Å². The highest BCUT2D eigenvalue weighted by Gasteiger charge is 2.36. The SMILES string of the molecule is CCCCC(c1cc(C#N)cc2c1CC(c1cccc(C(=N)N)c1)C(=O)N2)N1C(C)CCCC1C. The summed E-state index contributed by atoms with van der Waals surface area (Å²) in [5, 5.41) is 20.7. The molecule has 2 aliphatic rings. The summed E-state index contributed by atoms with van der Waals surface area (Å²) in [6, 6.07) is 14.8. The van der Waals surface area contributed by atoms with Crippen LogP contribution in [-0.2, 0) is 11.2 Å². The van der Waals surface area contributed by atoms with Crippen LogP contribution < -0.4 is 11.1 Å². The van der Waals surface area contributed by atoms with Crippen molar-refractivity contribution in [3.8, 4) is 6.07 Å². The first-order valence-electron chi connectivity index (χ1n) is 12.9. The molecule has 1 saturated heterocycles. The Bertz CT molecular complexity index is 1140. The number of nitrogen functional groups attached to an aromatic ring is 1. The van der Waals surface area contributed by atoms with E-state index >= 15 is 0 Å². The molecule has 2 heterocycles. The van der Waals surface area contributed by atoms with Gasteiger partial charge >= 0.3 is 0 Å². The van der Waals surface area contributed by atoms with Crippen LogP contribution in [0.15, 0.2) is 36.4 Å². The minimum absolute atomic E-state index is 0.00415. The molecule has 4 atom stereocenters. The normalized spacial score (nSPS) is 23.1. The molecule has 0 saturated carbocycles. The van der Waals surface area contributed by atoms with Crippen molar-refractivity contribution < 1.29 is 4.79 Å². The number of anilines is 1. The molecule has 0 spiro atoms. The summed E-state index contributed by atoms with van der Waals surface area (Å²) in [4.78, 5) is 15.9. The van der Waals surface area contributed by atoms with E-state index in [1.54, 1.807) is 6.07 Å². The number of amides is 1. The number of likely N-dealkylation sites (tertiary alicyclic amines) is 1. The Morgan fingerprint density at radius 3 is 2.66 bits per heavy atom. The molecule has 2 aromatic carbocycles. The van der Waals surface area contributed by atoms with Gasteiger partial charge in [0.25, 0.3) is 0 Å². The van der Waals surface area contributed by atoms with E-state index in [0.29, 0.717) is 29.6 Å². The molecule has 6 nitrogen and oxygen atoms in total. The smallest absolute Gasteiger partial charge is 0.232 e. The van der Waals surface area contributed by atoms with Gasteiger partial charge in [-0.1, -0.05) is 44.4 Å². The van der Waals surface area contributed by atoms with Gasteiger partial charge in [-0.05, 0) is 74.4 Å². The van der Waals surface area contributed by atoms with Crippen LogP contribution >= 0.6 is 0 Å². The molecule has 0 aliphatic carbocycles. The number of rotatable bonds is 7. The van der Waals surface area contributed by atoms with Crippen LogP contribution in [0.25, 0.3) is 0 Å². The predicted octanol–water partition coefficient (Wildman–Crippen LogP) is 5.61. The van der Waals surface area contributed by atoms with Gasteiger partial charge < -0.3 is 11.1 Å². The second kappa shape index (κ2) is 10.6. The Morgan fingerprint density at radius 1 is 1.26 bits per heavy atom. The fraction of sp³-hybridized carbons (Fsp3) is 0.483. The maximum atomic E-state index is 13.2. The molecule has 4 rings (SSSR count). The van der Waals surface area contributed by atoms with Crippen molar-refractivity contribution in [1.82, 2.24) is 4.90 Å². The number of amidine groups is 1. The quantitative estimate of drug-likeness (QED) is 0.360. The van der Waals surface area contributed by atoms with Gasteiger partial charge in [-0.2, -0.15) is 5.26 Å². The maximum absolute atomic E-state index is 13.2. The molecule has 35 heavy (non-hydrogen) atoms. The lowest BCUT2D eigenvalue weighted by Gasteiger charge is -2.45. The van der Waals surface area contributed by atoms with Gasteiger partial charge in [0.05, 0.1) is 17.6 Å². The number of unbranched alkanes of at least 4 members (excludes halogenated alkanes) is 1. The fourth-order valence-electron chi connectivity index (χ4n) is 6.02. The number of carbonyl (C=O) groups excluding carboxylic acids is 1. The summed E-state index contributed by atoms with van der Waals surface area (Å²) < 4.78 is 0. The van der Waals surface area contributed by atoms with Crippen LogP contribution in [0.2, 0.25) is 0 Å². The summed E-state index contributed by atoms with van der Waals surface area (Å²) >= 11 is 0. The van der Waals surface area contributed by atoms with Crippen LogP contribution in [0.1, 0.15) is 99.1 Å². The zero-order valence-electron chi connectivity index (χ0n) is 21.1. The van der Waals surface area contributed by atoms with Crippen molar-refractivity contribution in [2.45, 2.75) is 89.8 Å². The molecule has 0 radical (unpaired) electrons. The molecule has 184 valence electrons. The largest absolute Gasteiger partial charge is 0.384 e. The molecule has 4 N–H and O–H groups in total. The number of hydrogen-bond acceptors (Lipinski definition) is 4. The minimum atomic E-state index is -0.364. The topological polar surface area (TPSA) is 106 Å². The summed E-state index contributed by atoms with van der Waals surface area (Å²) in [6.07, 6.45) is 7.45. The van der Waals surface area contributed by atoms with Crippen molar-refractivity contribution in [3.63, 3.8) is 0 Å². The van der Waals surface area contributed by atoms with Gasteiger partial charge in [-0.15, -0.1) is 0 Å². The predicted molar refractivity (Wildman–Crippen MR) is 141 cm³/mol. The zero-order valence-corrected chi connectivity index (χ0v) is 21.1. The lowest BCUT2D eigenvalue weighted by molar-refractivity contribution is -0.117. The average molecular weight is 472 g/mol. The number of nitriles is 1. The van der Waals surface area contributed by atoms with Gasteiger partial charge in [0.2, 0.25) is 5.91 Å². The van der Waals surface area contributed by atoms with E-state index in [1.807, 2.05) is 24.3 Å². The first kappa shape index (κ1) is 24.9. The summed E-state index contributed by atoms with van der Waals surface area (Å²) in [5.41, 5.74) is 10.9. The number of nitrogens with two attached hydrogens (primary N) is 1. The Hall–Kier alpha value is -3.17. The molecular formula is C29H37N5O. The van der Waals surface area contributed by atoms with Crippen LogP contribution in [-0.4, -0.2) is 28.7 Å². The molecule has 6 heteroatoms. The molecule has 1 fully saturated rings. The molecule has 2 aromatic rings. The van der Waals surface area contributed by atoms with Gasteiger partial charge in [0.1, 0.15) is 5.84 Å². The molecule has 2 aliphatic heterocycles. The highest BCUT2D eigenvalue weighted by Crippen LogP contribution is 2.42. The third-order valence-corrected chi connectivity index (χ3v) is 7.81. The number of fused-ring (bicyclic) bond motifs is 1. The number of piperidine rings is 1. The third kappa shape index (κ3) is 5.11. The molecule has 4 unspecified atom stereocenters. The Morgan fingerprint density at radius 2 is 2.00 bits per heavy atom. The van der Waals surface area contributed by atoms with Crippen LogP contribution in [0.5, 0.6) is 0 Å². The maximum Gasteiger partial charge on any atom is 0.232 e. The first-order chi connectivity index (χ1) is 16.8. The molecule has 0 aromatic heterocycles. The number of hydrogen-bond donors (Lipinski definition) is 3. The zero-order chi connectivity index (χ0) is 25.1. The Kier molecular flexibility index (Phi) is 7.57. The van der Waals surface area contributed by atoms with Crippen molar-refractivity contribution in [1.29, 1.82) is 10.7 Å². The van der Waals surface area contributed by atoms with E-state index < -0.39 is 0 Å². The van der Waals surface area contributed by atoms with Crippen molar-refractivity contribution in [3.05, 3.63) is 64.2 Å². The van der Waals surface area contributed by atoms with Crippen molar-refractivity contribution in [2.75, 3.05) is 5.32 Å². The molecule has 0 bridgehead atoms. The second-order valence-electron chi connectivity index (χ2n) is 10.2. The van der Waals surface area contributed by atoms with Crippen LogP contribution in [0.3, 0.4) is 0 Å². The van der Waals surface area contributed by atoms with E-state index in [-0.39, 0.29) is 23.7 Å². The number of nitrogens with zero attached hydrogens (tertiary/aromatic N) is 2. The summed E-state index contributed by atoms with van der Waals surface area (Å²) in [7, 11) is 0. The standard InChI is InChI=1S/C29H37N5O/c1-4-5-12-27(34-18(2)8-6-9-19(34)3)25-13-20(17-30)14-26-24(25)16-23(29(35)33-26)21-10-7-11-22(15-21)28(31)32/h7,10-11,13-15,18-19,23,27H,4-6,8-9,12,16H2,1-3H3,(H3,31,32)(H,33,35). The lowest BCUT2D eigenvalue weighted by atomic mass is 9.80. The summed E-state index contributed by atoms with van der Waals surface area (Å²) in [6.45, 7) is 6.87. The Labute approximate surface area is 209 Å². The van der Waals surface area contributed by atoms with E-state index in [0.717, 1.165) is 36.1 Å². The van der Waals surface area contributed by atoms with E-state index in [4.69, 9.17) is 11.1 Å². The summed E-state index contributed by atoms with van der Waals surface area (Å²) in [5.74, 6) is -0.448. The van der Waals surface area contributed by atoms with Gasteiger partial charge in [0, 0.05) is 29.4 Å². The van der Waals surface area contributed by atoms with Gasteiger partial charge in [-0.3, -0.25) is 15.1 Å². The number of nitrogens with one attached hydrogen (secondary N) is 2. The average Bonchev–Trinajstić information content (AvgIpc) is 2.84. The number of benzene rings is 2. The van der Waals surface area contributed by atoms with E-state index in [1.165, 1.54) is 24.8 Å². The monoisotopic (exact) mass is 471 g/mol. The highest BCUT2D eigenvalue weighted by atomic mass is 16.1. The molecule has 1 amide bonds. The lowest BCUT2D eigenvalue weighted by Crippen LogP contribution is -2.46. The van der Waals surface area contributed by atoms with E-state index in [9.17, 15) is 10.1 Å². The van der Waals surface area contributed by atoms with Crippen LogP contribution in [0, 0.1) is 16.7 Å². The van der Waals surface area contributed by atoms with E-state index in [2.05, 4.69) is 43.1 Å². The second-order valence-corrected chi connectivity index (χ2v) is 10.2. The minimum Gasteiger partial charge on any atom is -0.384 e. The molecular weight excluding hydrogens is 434 g/mol. The first-order valence-corrected chi connectivity index (χ1v) is 12.9. The third-order valence-electron chi connectivity index (χ3n) is 7.81. The Balaban J connectivity index is 1.81. The highest BCUT2D eigenvalue weighted by molar-refractivity contribution is 6.00. The van der Waals surface area contributed by atoms with Crippen molar-refractivity contribution >= 4 is 17.4 Å². The fourth-order valence-corrected chi connectivity index (χ4v) is 6.02. The van der Waals surface area contributed by atoms with Crippen molar-refractivity contribution in [2.24, 2.45) is 5.73 Å². The van der Waals surface area contributed by atoms with Gasteiger partial charge in [-0.25, -0.2) is 0 Å². The number of carbonyl (C=O) groups is 1.